The van der Waals surface area contributed by atoms with Crippen LogP contribution in [0.3, 0.4) is 0 Å². The summed E-state index contributed by atoms with van der Waals surface area (Å²) in [6, 6.07) is 7.93. The summed E-state index contributed by atoms with van der Waals surface area (Å²) in [7, 11) is 0. The van der Waals surface area contributed by atoms with Gasteiger partial charge in [0.05, 0.1) is 17.1 Å². The van der Waals surface area contributed by atoms with Crippen molar-refractivity contribution in [1.29, 1.82) is 0 Å². The van der Waals surface area contributed by atoms with Gasteiger partial charge < -0.3 is 5.32 Å². The highest BCUT2D eigenvalue weighted by Crippen LogP contribution is 2.12. The Hall–Kier alpha value is -1.68. The summed E-state index contributed by atoms with van der Waals surface area (Å²) in [4.78, 5) is 16.1. The van der Waals surface area contributed by atoms with Crippen molar-refractivity contribution in [1.82, 2.24) is 4.98 Å². The molecule has 0 unspecified atom stereocenters. The standard InChI is InChI=1S/C14H16N2OS/c1-3-11-4-6-12(7-5-11)16-14(17)8-13-9-18-10(2)15-13/h4-7,9H,3,8H2,1-2H3,(H,16,17). The van der Waals surface area contributed by atoms with Crippen LogP contribution in [0.5, 0.6) is 0 Å². The number of carbonyl (C=O) groups is 1. The highest BCUT2D eigenvalue weighted by atomic mass is 32.1. The molecule has 2 rings (SSSR count). The molecule has 1 N–H and O–H groups in total. The number of benzene rings is 1. The molecule has 1 amide bonds. The molecule has 4 heteroatoms. The monoisotopic (exact) mass is 260 g/mol. The molecule has 1 aromatic heterocycles. The van der Waals surface area contributed by atoms with E-state index in [9.17, 15) is 4.79 Å². The fourth-order valence-electron chi connectivity index (χ4n) is 1.68. The van der Waals surface area contributed by atoms with E-state index in [4.69, 9.17) is 0 Å². The molecule has 0 saturated carbocycles. The maximum atomic E-state index is 11.8. The van der Waals surface area contributed by atoms with E-state index in [-0.39, 0.29) is 5.91 Å². The van der Waals surface area contributed by atoms with Gasteiger partial charge in [0, 0.05) is 11.1 Å². The number of aryl methyl sites for hydroxylation is 2. The van der Waals surface area contributed by atoms with Gasteiger partial charge in [0.2, 0.25) is 5.91 Å². The van der Waals surface area contributed by atoms with Crippen molar-refractivity contribution in [3.63, 3.8) is 0 Å². The second-order valence-corrected chi connectivity index (χ2v) is 5.20. The highest BCUT2D eigenvalue weighted by Gasteiger charge is 2.06. The van der Waals surface area contributed by atoms with Crippen LogP contribution in [0, 0.1) is 6.92 Å². The average Bonchev–Trinajstić information content (AvgIpc) is 2.75. The quantitative estimate of drug-likeness (QED) is 0.917. The van der Waals surface area contributed by atoms with Crippen LogP contribution in [0.4, 0.5) is 5.69 Å². The summed E-state index contributed by atoms with van der Waals surface area (Å²) >= 11 is 1.57. The van der Waals surface area contributed by atoms with Crippen LogP contribution < -0.4 is 5.32 Å². The zero-order valence-electron chi connectivity index (χ0n) is 10.6. The molecule has 2 aromatic rings. The number of aromatic nitrogens is 1. The summed E-state index contributed by atoms with van der Waals surface area (Å²) in [5, 5.41) is 5.79. The van der Waals surface area contributed by atoms with Gasteiger partial charge in [-0.15, -0.1) is 11.3 Å². The van der Waals surface area contributed by atoms with E-state index >= 15 is 0 Å². The second-order valence-electron chi connectivity index (χ2n) is 4.13. The lowest BCUT2D eigenvalue weighted by Gasteiger charge is -2.04. The van der Waals surface area contributed by atoms with Gasteiger partial charge in [-0.1, -0.05) is 19.1 Å². The first kappa shape index (κ1) is 12.8. The van der Waals surface area contributed by atoms with E-state index in [1.165, 1.54) is 5.56 Å². The van der Waals surface area contributed by atoms with E-state index in [0.717, 1.165) is 22.8 Å². The number of nitrogens with zero attached hydrogens (tertiary/aromatic N) is 1. The van der Waals surface area contributed by atoms with Gasteiger partial charge in [-0.25, -0.2) is 4.98 Å². The van der Waals surface area contributed by atoms with E-state index < -0.39 is 0 Å². The summed E-state index contributed by atoms with van der Waals surface area (Å²) in [5.74, 6) is -0.0236. The van der Waals surface area contributed by atoms with Crippen molar-refractivity contribution >= 4 is 22.9 Å². The summed E-state index contributed by atoms with van der Waals surface area (Å²) < 4.78 is 0. The molecular formula is C14H16N2OS. The first-order valence-electron chi connectivity index (χ1n) is 5.97. The molecule has 0 aliphatic rings. The molecule has 0 spiro atoms. The molecule has 0 aliphatic carbocycles. The largest absolute Gasteiger partial charge is 0.326 e. The van der Waals surface area contributed by atoms with Crippen molar-refractivity contribution < 1.29 is 4.79 Å². The van der Waals surface area contributed by atoms with Gasteiger partial charge >= 0.3 is 0 Å². The van der Waals surface area contributed by atoms with Crippen molar-refractivity contribution in [3.05, 3.63) is 45.9 Å². The SMILES string of the molecule is CCc1ccc(NC(=O)Cc2csc(C)n2)cc1. The molecule has 3 nitrogen and oxygen atoms in total. The number of hydrogen-bond donors (Lipinski definition) is 1. The Labute approximate surface area is 111 Å². The van der Waals surface area contributed by atoms with Crippen LogP contribution in [0.15, 0.2) is 29.6 Å². The van der Waals surface area contributed by atoms with Crippen molar-refractivity contribution in [2.75, 3.05) is 5.32 Å². The lowest BCUT2D eigenvalue weighted by molar-refractivity contribution is -0.115. The van der Waals surface area contributed by atoms with E-state index in [1.807, 2.05) is 36.6 Å². The highest BCUT2D eigenvalue weighted by molar-refractivity contribution is 7.09. The molecule has 1 aromatic carbocycles. The van der Waals surface area contributed by atoms with Gasteiger partial charge in [-0.2, -0.15) is 0 Å². The number of carbonyl (C=O) groups excluding carboxylic acids is 1. The number of anilines is 1. The van der Waals surface area contributed by atoms with Crippen LogP contribution in [0.1, 0.15) is 23.2 Å². The van der Waals surface area contributed by atoms with Crippen molar-refractivity contribution in [2.45, 2.75) is 26.7 Å². The minimum Gasteiger partial charge on any atom is -0.326 e. The molecule has 0 radical (unpaired) electrons. The van der Waals surface area contributed by atoms with Crippen LogP contribution in [-0.4, -0.2) is 10.9 Å². The van der Waals surface area contributed by atoms with Crippen LogP contribution in [0.25, 0.3) is 0 Å². The van der Waals surface area contributed by atoms with Gasteiger partial charge in [0.15, 0.2) is 0 Å². The Kier molecular flexibility index (Phi) is 4.10. The third kappa shape index (κ3) is 3.40. The van der Waals surface area contributed by atoms with E-state index in [0.29, 0.717) is 6.42 Å². The number of thiazole rings is 1. The Morgan fingerprint density at radius 3 is 2.61 bits per heavy atom. The predicted octanol–water partition coefficient (Wildman–Crippen LogP) is 3.20. The predicted molar refractivity (Wildman–Crippen MR) is 75.0 cm³/mol. The molecular weight excluding hydrogens is 244 g/mol. The molecule has 0 fully saturated rings. The van der Waals surface area contributed by atoms with Gasteiger partial charge in [-0.3, -0.25) is 4.79 Å². The number of amides is 1. The maximum absolute atomic E-state index is 11.8. The second kappa shape index (κ2) is 5.78. The zero-order valence-corrected chi connectivity index (χ0v) is 11.4. The normalized spacial score (nSPS) is 10.3. The maximum Gasteiger partial charge on any atom is 0.230 e. The Bertz CT molecular complexity index is 531. The molecule has 18 heavy (non-hydrogen) atoms. The van der Waals surface area contributed by atoms with Gasteiger partial charge in [-0.05, 0) is 31.0 Å². The minimum atomic E-state index is -0.0236. The summed E-state index contributed by atoms with van der Waals surface area (Å²) in [5.41, 5.74) is 2.94. The third-order valence-corrected chi connectivity index (χ3v) is 3.48. The lowest BCUT2D eigenvalue weighted by atomic mass is 10.1. The number of hydrogen-bond acceptors (Lipinski definition) is 3. The van der Waals surface area contributed by atoms with Crippen molar-refractivity contribution in [2.24, 2.45) is 0 Å². The van der Waals surface area contributed by atoms with Gasteiger partial charge in [0.1, 0.15) is 0 Å². The Balaban J connectivity index is 1.94. The fourth-order valence-corrected chi connectivity index (χ4v) is 2.30. The molecule has 0 atom stereocenters. The molecule has 0 saturated heterocycles. The topological polar surface area (TPSA) is 42.0 Å². The third-order valence-electron chi connectivity index (χ3n) is 2.65. The molecule has 0 aliphatic heterocycles. The molecule has 94 valence electrons. The van der Waals surface area contributed by atoms with E-state index in [1.54, 1.807) is 11.3 Å². The van der Waals surface area contributed by atoms with E-state index in [2.05, 4.69) is 17.2 Å². The first-order chi connectivity index (χ1) is 8.67. The number of rotatable bonds is 4. The van der Waals surface area contributed by atoms with Crippen LogP contribution in [0.2, 0.25) is 0 Å². The average molecular weight is 260 g/mol. The zero-order chi connectivity index (χ0) is 13.0. The van der Waals surface area contributed by atoms with Crippen LogP contribution in [-0.2, 0) is 17.6 Å². The smallest absolute Gasteiger partial charge is 0.230 e. The Morgan fingerprint density at radius 1 is 1.33 bits per heavy atom. The summed E-state index contributed by atoms with van der Waals surface area (Å²) in [6.07, 6.45) is 1.34. The summed E-state index contributed by atoms with van der Waals surface area (Å²) in [6.45, 7) is 4.05. The molecule has 1 heterocycles. The van der Waals surface area contributed by atoms with Crippen molar-refractivity contribution in [3.8, 4) is 0 Å². The minimum absolute atomic E-state index is 0.0236. The Morgan fingerprint density at radius 2 is 2.06 bits per heavy atom. The first-order valence-corrected chi connectivity index (χ1v) is 6.85. The molecule has 0 bridgehead atoms. The van der Waals surface area contributed by atoms with Crippen LogP contribution >= 0.6 is 11.3 Å². The number of nitrogens with one attached hydrogen (secondary N) is 1. The fraction of sp³-hybridized carbons (Fsp3) is 0.286. The van der Waals surface area contributed by atoms with Gasteiger partial charge in [0.25, 0.3) is 0 Å². The lowest BCUT2D eigenvalue weighted by Crippen LogP contribution is -2.14.